The number of phosphoric ester groups is 1. The van der Waals surface area contributed by atoms with E-state index in [1.54, 1.807) is 0 Å². The van der Waals surface area contributed by atoms with E-state index in [-0.39, 0.29) is 11.8 Å². The minimum Gasteiger partial charge on any atom is -0.403 e. The third kappa shape index (κ3) is 9.00. The van der Waals surface area contributed by atoms with E-state index in [1.165, 1.54) is 122 Å². The molecular weight excluding hydrogens is 912 g/mol. The Morgan fingerprint density at radius 2 is 0.863 bits per heavy atom. The van der Waals surface area contributed by atoms with Crippen LogP contribution in [-0.2, 0) is 21.9 Å². The van der Waals surface area contributed by atoms with Crippen molar-refractivity contribution in [3.8, 4) is 61.4 Å². The molecule has 0 saturated carbocycles. The van der Waals surface area contributed by atoms with Crippen LogP contribution in [0.1, 0.15) is 146 Å². The predicted molar refractivity (Wildman–Crippen MR) is 304 cm³/mol. The lowest BCUT2D eigenvalue weighted by Gasteiger charge is -2.43. The quantitative estimate of drug-likeness (QED) is 0.133. The minimum atomic E-state index is -4.73. The molecule has 1 N–H and O–H groups in total. The zero-order valence-electron chi connectivity index (χ0n) is 45.4. The molecule has 73 heavy (non-hydrogen) atoms. The Kier molecular flexibility index (Phi) is 12.8. The minimum absolute atomic E-state index is 0.203. The smallest absolute Gasteiger partial charge is 0.403 e. The van der Waals surface area contributed by atoms with Crippen LogP contribution in [0.4, 0.5) is 0 Å². The molecule has 11 rings (SSSR count). The number of fused-ring (bicyclic) bond motifs is 6. The fourth-order valence-electron chi connectivity index (χ4n) is 14.8. The Bertz CT molecular complexity index is 3290. The molecule has 7 aromatic carbocycles. The van der Waals surface area contributed by atoms with Gasteiger partial charge in [-0.15, -0.1) is 0 Å². The number of hydrogen-bond donors (Lipinski definition) is 1. The van der Waals surface area contributed by atoms with Gasteiger partial charge in [-0.2, -0.15) is 0 Å². The predicted octanol–water partition coefficient (Wildman–Crippen LogP) is 18.6. The fraction of sp³-hybridized carbons (Fsp3) is 0.353. The largest absolute Gasteiger partial charge is 0.527 e. The molecule has 0 fully saturated rings. The summed E-state index contributed by atoms with van der Waals surface area (Å²) in [6.07, 6.45) is 8.39. The molecule has 0 bridgehead atoms. The summed E-state index contributed by atoms with van der Waals surface area (Å²) in [4.78, 5) is 12.5. The third-order valence-corrected chi connectivity index (χ3v) is 18.0. The lowest BCUT2D eigenvalue weighted by molar-refractivity contribution is 0.103. The summed E-state index contributed by atoms with van der Waals surface area (Å²) in [6.45, 7) is 26.5. The van der Waals surface area contributed by atoms with Crippen molar-refractivity contribution >= 4 is 7.82 Å². The number of phosphoric acid groups is 1. The molecule has 0 saturated heterocycles. The highest BCUT2D eigenvalue weighted by Crippen LogP contribution is 2.64. The van der Waals surface area contributed by atoms with Crippen LogP contribution in [0.15, 0.2) is 102 Å². The summed E-state index contributed by atoms with van der Waals surface area (Å²) in [6, 6.07) is 34.8. The van der Waals surface area contributed by atoms with Gasteiger partial charge in [0.1, 0.15) is 5.75 Å². The Morgan fingerprint density at radius 1 is 0.466 bits per heavy atom. The van der Waals surface area contributed by atoms with Crippen LogP contribution in [0, 0.1) is 83.1 Å². The van der Waals surface area contributed by atoms with Gasteiger partial charge in [0, 0.05) is 23.0 Å². The zero-order valence-corrected chi connectivity index (χ0v) is 46.3. The molecule has 4 aliphatic rings. The summed E-state index contributed by atoms with van der Waals surface area (Å²) in [5, 5.41) is 0. The van der Waals surface area contributed by atoms with Gasteiger partial charge in [-0.3, -0.25) is 9.42 Å². The molecule has 5 heteroatoms. The second-order valence-corrected chi connectivity index (χ2v) is 24.3. The van der Waals surface area contributed by atoms with Gasteiger partial charge in [-0.05, 0) is 282 Å². The molecule has 4 nitrogen and oxygen atoms in total. The summed E-state index contributed by atoms with van der Waals surface area (Å²) >= 11 is 0. The van der Waals surface area contributed by atoms with Crippen LogP contribution in [0.2, 0.25) is 0 Å². The average Bonchev–Trinajstić information content (AvgIpc) is 3.43. The van der Waals surface area contributed by atoms with E-state index in [0.29, 0.717) is 5.75 Å². The van der Waals surface area contributed by atoms with E-state index in [9.17, 15) is 4.89 Å². The van der Waals surface area contributed by atoms with Gasteiger partial charge in [-0.1, -0.05) is 94.1 Å². The van der Waals surface area contributed by atoms with Crippen LogP contribution in [0.5, 0.6) is 5.75 Å². The second-order valence-electron chi connectivity index (χ2n) is 23.0. The normalized spacial score (nSPS) is 20.4. The molecule has 7 aromatic rings. The van der Waals surface area contributed by atoms with Gasteiger partial charge in [0.2, 0.25) is 0 Å². The lowest BCUT2D eigenvalue weighted by Crippen LogP contribution is -2.35. The van der Waals surface area contributed by atoms with Gasteiger partial charge < -0.3 is 4.52 Å². The maximum atomic E-state index is 15.3. The van der Waals surface area contributed by atoms with Crippen molar-refractivity contribution in [3.05, 3.63) is 191 Å². The zero-order chi connectivity index (χ0) is 51.4. The maximum Gasteiger partial charge on any atom is 0.527 e. The fourth-order valence-corrected chi connectivity index (χ4v) is 15.9. The van der Waals surface area contributed by atoms with Crippen molar-refractivity contribution in [1.29, 1.82) is 0 Å². The summed E-state index contributed by atoms with van der Waals surface area (Å²) in [5.41, 5.74) is 34.1. The molecule has 374 valence electrons. The topological polar surface area (TPSA) is 55.8 Å². The van der Waals surface area contributed by atoms with E-state index < -0.39 is 13.9 Å². The van der Waals surface area contributed by atoms with Crippen molar-refractivity contribution in [2.45, 2.75) is 159 Å². The van der Waals surface area contributed by atoms with E-state index in [0.717, 1.165) is 91.2 Å². The molecular formula is C68H73O4P. The average molecular weight is 985 g/mol. The highest BCUT2D eigenvalue weighted by Gasteiger charge is 2.50. The molecule has 3 aliphatic carbocycles. The van der Waals surface area contributed by atoms with Crippen molar-refractivity contribution in [2.24, 2.45) is 0 Å². The molecule has 0 spiro atoms. The highest BCUT2D eigenvalue weighted by atomic mass is 31.2. The van der Waals surface area contributed by atoms with E-state index in [2.05, 4.69) is 174 Å². The highest BCUT2D eigenvalue weighted by molar-refractivity contribution is 7.47. The Hall–Kier alpha value is -5.77. The van der Waals surface area contributed by atoms with Crippen molar-refractivity contribution < 1.29 is 18.5 Å². The van der Waals surface area contributed by atoms with Gasteiger partial charge in [0.15, 0.2) is 0 Å². The first-order valence-electron chi connectivity index (χ1n) is 27.1. The summed E-state index contributed by atoms with van der Waals surface area (Å²) in [7, 11) is -4.73. The van der Waals surface area contributed by atoms with Crippen LogP contribution < -0.4 is 4.52 Å². The van der Waals surface area contributed by atoms with Crippen LogP contribution in [-0.4, -0.2) is 11.0 Å². The second kappa shape index (κ2) is 18.9. The van der Waals surface area contributed by atoms with Crippen molar-refractivity contribution in [3.63, 3.8) is 0 Å². The molecule has 0 radical (unpaired) electrons. The first-order valence-corrected chi connectivity index (χ1v) is 28.6. The summed E-state index contributed by atoms with van der Waals surface area (Å²) < 4.78 is 29.0. The number of allylic oxidation sites excluding steroid dienone is 1. The van der Waals surface area contributed by atoms with Gasteiger partial charge >= 0.3 is 7.82 Å². The third-order valence-electron chi connectivity index (χ3n) is 17.1. The Morgan fingerprint density at radius 3 is 1.33 bits per heavy atom. The molecule has 1 aliphatic heterocycles. The molecule has 1 heterocycles. The van der Waals surface area contributed by atoms with E-state index in [1.807, 2.05) is 0 Å². The first-order chi connectivity index (χ1) is 34.8. The molecule has 0 amide bonds. The standard InChI is InChI=1S/C68H73O4P/c1-37-21-41(5)61(42(6)22-37)53-29-51(30-54(33-53)62-43(7)23-38(2)24-44(62)8)59-35-49-17-13-15-19-57(49)65-66-58-20-16-14-18-50(58)36-60(68(66)72-73(69,70)71-67(59)65)52-31-55(63-45(9)25-39(3)26-46(63)10)34-56(32-52)64-47(11)27-40(4)28-48(64)12/h21-35,60,66,68H,13-20,36H2,1-12H3,(H,69,70)/t60?,66-,68-/m1/s1. The van der Waals surface area contributed by atoms with Crippen LogP contribution in [0.25, 0.3) is 55.6 Å². The SMILES string of the molecule is Cc1cc(C)c(-c2cc(-c3cc4c(c5c3OP(=O)(O)O[C@@H]3C(c6cc(-c7c(C)cc(C)cc7C)cc(-c7c(C)cc(C)cc7C)c6)CC6=C(CCCC6)[C@H]53)CCCC4)cc(-c3c(C)cc(C)cc3C)c2)c(C)c1. The Balaban J connectivity index is 1.18. The van der Waals surface area contributed by atoms with Gasteiger partial charge in [0.05, 0.1) is 6.10 Å². The van der Waals surface area contributed by atoms with Gasteiger partial charge in [-0.25, -0.2) is 4.57 Å². The number of benzene rings is 7. The monoisotopic (exact) mass is 985 g/mol. The number of aryl methyl sites for hydroxylation is 13. The van der Waals surface area contributed by atoms with Crippen molar-refractivity contribution in [2.75, 3.05) is 0 Å². The molecule has 4 atom stereocenters. The van der Waals surface area contributed by atoms with E-state index in [4.69, 9.17) is 9.05 Å². The number of rotatable bonds is 6. The summed E-state index contributed by atoms with van der Waals surface area (Å²) in [5.74, 6) is 0.0778. The van der Waals surface area contributed by atoms with Crippen LogP contribution >= 0.6 is 7.82 Å². The maximum absolute atomic E-state index is 15.3. The van der Waals surface area contributed by atoms with Crippen molar-refractivity contribution in [1.82, 2.24) is 0 Å². The molecule has 0 aromatic heterocycles. The van der Waals surface area contributed by atoms with Gasteiger partial charge in [0.25, 0.3) is 0 Å². The molecule has 2 unspecified atom stereocenters. The number of hydrogen-bond acceptors (Lipinski definition) is 3. The first kappa shape index (κ1) is 49.4. The Labute approximate surface area is 435 Å². The lowest BCUT2D eigenvalue weighted by atomic mass is 9.64. The van der Waals surface area contributed by atoms with Crippen LogP contribution in [0.3, 0.4) is 0 Å². The van der Waals surface area contributed by atoms with E-state index >= 15 is 4.57 Å².